The number of carbonyl (C=O) groups excluding carboxylic acids is 4. The Bertz CT molecular complexity index is 1690. The summed E-state index contributed by atoms with van der Waals surface area (Å²) in [6, 6.07) is 4.92. The Morgan fingerprint density at radius 3 is 1.37 bits per heavy atom. The Kier molecular flexibility index (Phi) is 6.87. The Morgan fingerprint density at radius 2 is 1.04 bits per heavy atom. The lowest BCUT2D eigenvalue weighted by atomic mass is 9.69. The minimum atomic E-state index is -2.42. The monoisotopic (exact) mass is 638 g/mol. The van der Waals surface area contributed by atoms with Crippen LogP contribution in [0.5, 0.6) is 23.0 Å². The van der Waals surface area contributed by atoms with Crippen molar-refractivity contribution in [1.29, 1.82) is 0 Å². The number of hydrogen-bond acceptors (Lipinski definition) is 14. The molecule has 2 aromatic rings. The highest BCUT2D eigenvalue weighted by Gasteiger charge is 2.64. The molecule has 6 rings (SSSR count). The third-order valence-electron chi connectivity index (χ3n) is 9.26. The van der Waals surface area contributed by atoms with Crippen molar-refractivity contribution in [2.24, 2.45) is 11.8 Å². The molecule has 0 saturated heterocycles. The van der Waals surface area contributed by atoms with Crippen molar-refractivity contribution in [2.45, 2.75) is 50.1 Å². The summed E-state index contributed by atoms with van der Waals surface area (Å²) >= 11 is 0. The van der Waals surface area contributed by atoms with Crippen molar-refractivity contribution in [1.82, 2.24) is 0 Å². The van der Waals surface area contributed by atoms with Gasteiger partial charge in [-0.25, -0.2) is 9.59 Å². The van der Waals surface area contributed by atoms with Crippen LogP contribution in [0.4, 0.5) is 0 Å². The van der Waals surface area contributed by atoms with Crippen LogP contribution in [0.3, 0.4) is 0 Å². The first-order valence-electron chi connectivity index (χ1n) is 14.3. The van der Waals surface area contributed by atoms with Crippen LogP contribution < -0.4 is 9.47 Å². The summed E-state index contributed by atoms with van der Waals surface area (Å²) in [6.07, 6.45) is -3.72. The molecular weight excluding hydrogens is 608 g/mol. The number of ether oxygens (including phenoxy) is 4. The highest BCUT2D eigenvalue weighted by atomic mass is 16.6. The predicted octanol–water partition coefficient (Wildman–Crippen LogP) is 1.85. The second-order valence-electron chi connectivity index (χ2n) is 11.9. The number of benzene rings is 2. The third-order valence-corrected chi connectivity index (χ3v) is 9.26. The summed E-state index contributed by atoms with van der Waals surface area (Å²) in [4.78, 5) is 52.3. The normalized spacial score (nSPS) is 29.9. The first-order chi connectivity index (χ1) is 21.7. The lowest BCUT2D eigenvalue weighted by Crippen LogP contribution is -2.64. The van der Waals surface area contributed by atoms with E-state index in [2.05, 4.69) is 0 Å². The molecule has 2 aliphatic heterocycles. The Balaban J connectivity index is 1.55. The van der Waals surface area contributed by atoms with E-state index in [1.165, 1.54) is 38.1 Å². The summed E-state index contributed by atoms with van der Waals surface area (Å²) in [5, 5.41) is 67.7. The largest absolute Gasteiger partial charge is 0.506 e. The van der Waals surface area contributed by atoms with Gasteiger partial charge in [-0.15, -0.1) is 0 Å². The number of fused-ring (bicyclic) bond motifs is 4. The molecule has 2 fully saturated rings. The van der Waals surface area contributed by atoms with Gasteiger partial charge in [-0.1, -0.05) is 13.8 Å². The summed E-state index contributed by atoms with van der Waals surface area (Å²) in [5.41, 5.74) is -7.25. The number of phenolic OH excluding ortho intramolecular Hbond substituents is 2. The molecular formula is C32H30O14. The summed E-state index contributed by atoms with van der Waals surface area (Å²) < 4.78 is 21.5. The van der Waals surface area contributed by atoms with Crippen LogP contribution in [0.1, 0.15) is 37.8 Å². The quantitative estimate of drug-likeness (QED) is 0.264. The molecule has 0 bridgehead atoms. The van der Waals surface area contributed by atoms with E-state index in [4.69, 9.17) is 18.9 Å². The second kappa shape index (κ2) is 10.2. The molecule has 6 N–H and O–H groups in total. The van der Waals surface area contributed by atoms with Crippen molar-refractivity contribution in [3.05, 3.63) is 46.5 Å². The molecule has 2 aromatic carbocycles. The number of aromatic hydroxyl groups is 2. The number of aliphatic hydroxyl groups excluding tert-OH is 4. The van der Waals surface area contributed by atoms with Crippen LogP contribution >= 0.6 is 0 Å². The average molecular weight is 639 g/mol. The minimum Gasteiger partial charge on any atom is -0.506 e. The van der Waals surface area contributed by atoms with Crippen LogP contribution in [0.2, 0.25) is 0 Å². The van der Waals surface area contributed by atoms with E-state index in [0.717, 1.165) is 14.2 Å². The molecule has 4 aliphatic rings. The lowest BCUT2D eigenvalue weighted by Gasteiger charge is -2.45. The fourth-order valence-electron chi connectivity index (χ4n) is 7.00. The predicted molar refractivity (Wildman–Crippen MR) is 155 cm³/mol. The fraction of sp³-hybridized carbons (Fsp3) is 0.375. The average Bonchev–Trinajstić information content (AvgIpc) is 3.01. The van der Waals surface area contributed by atoms with Gasteiger partial charge in [0.1, 0.15) is 57.9 Å². The number of carbonyl (C=O) groups is 4. The van der Waals surface area contributed by atoms with Gasteiger partial charge in [0.15, 0.2) is 11.6 Å². The molecule has 6 atom stereocenters. The van der Waals surface area contributed by atoms with Crippen LogP contribution in [0.25, 0.3) is 22.6 Å². The van der Waals surface area contributed by atoms with Gasteiger partial charge in [-0.3, -0.25) is 9.59 Å². The number of phenols is 2. The van der Waals surface area contributed by atoms with Crippen molar-refractivity contribution < 1.29 is 68.8 Å². The highest BCUT2D eigenvalue weighted by molar-refractivity contribution is 6.14. The van der Waals surface area contributed by atoms with Crippen molar-refractivity contribution in [3.8, 4) is 34.1 Å². The van der Waals surface area contributed by atoms with Gasteiger partial charge in [0.25, 0.3) is 11.2 Å². The molecule has 0 aromatic heterocycles. The smallest absolute Gasteiger partial charge is 0.358 e. The minimum absolute atomic E-state index is 0.163. The maximum atomic E-state index is 13.2. The molecule has 0 spiro atoms. The second-order valence-corrected chi connectivity index (χ2v) is 11.9. The topological polar surface area (TPSA) is 227 Å². The molecule has 2 aliphatic carbocycles. The third kappa shape index (κ3) is 3.70. The standard InChI is InChI=1S/C32H30O14/c1-11-9-15(33)21-25(37)19-17(45-31(21,27(11)39)29(41)43-3)7-5-13(23(19)35)14-6-8-18-20(24(14)36)26(38)22-16(34)10-12(2)28(40)32(22,46-18)30(42)44-4/h5-8,11-12,27-28,35-40H,9-10H2,1-4H3/t11-,12-,27-,28+,31+,32-/m1/s1. The number of hydrogen-bond donors (Lipinski definition) is 6. The SMILES string of the molecule is COC(=O)[C@]12Oc3ccc(-c4ccc5c(c4O)C(O)=C4C(=O)C[C@@H](C)[C@H](O)[C@]4(C(=O)OC)O5)c(O)c3C(O)=C1C(=O)C[C@@H](C)[C@H]2O. The zero-order valence-corrected chi connectivity index (χ0v) is 25.0. The Morgan fingerprint density at radius 1 is 0.696 bits per heavy atom. The van der Waals surface area contributed by atoms with Crippen LogP contribution in [0, 0.1) is 11.8 Å². The summed E-state index contributed by atoms with van der Waals surface area (Å²) in [6.45, 7) is 3.04. The number of ketones is 2. The number of methoxy groups -OCH3 is 2. The molecule has 242 valence electrons. The molecule has 14 nitrogen and oxygen atoms in total. The maximum absolute atomic E-state index is 13.2. The van der Waals surface area contributed by atoms with Crippen molar-refractivity contribution in [3.63, 3.8) is 0 Å². The van der Waals surface area contributed by atoms with Crippen LogP contribution in [0.15, 0.2) is 35.4 Å². The van der Waals surface area contributed by atoms with E-state index < -0.39 is 104 Å². The molecule has 14 heteroatoms. The van der Waals surface area contributed by atoms with E-state index in [9.17, 15) is 49.8 Å². The van der Waals surface area contributed by atoms with Gasteiger partial charge in [0.05, 0.1) is 25.4 Å². The van der Waals surface area contributed by atoms with E-state index >= 15 is 0 Å². The number of esters is 2. The van der Waals surface area contributed by atoms with Gasteiger partial charge in [-0.2, -0.15) is 0 Å². The highest BCUT2D eigenvalue weighted by Crippen LogP contribution is 2.55. The van der Waals surface area contributed by atoms with Gasteiger partial charge in [-0.05, 0) is 36.1 Å². The molecule has 0 unspecified atom stereocenters. The number of Topliss-reactive ketones (excluding diaryl/α,β-unsaturated/α-hetero) is 2. The Labute approximate surface area is 260 Å². The first-order valence-corrected chi connectivity index (χ1v) is 14.3. The van der Waals surface area contributed by atoms with E-state index in [0.29, 0.717) is 0 Å². The van der Waals surface area contributed by atoms with E-state index in [-0.39, 0.29) is 35.5 Å². The lowest BCUT2D eigenvalue weighted by molar-refractivity contribution is -0.173. The number of rotatable bonds is 3. The zero-order chi connectivity index (χ0) is 33.6. The first kappa shape index (κ1) is 30.9. The van der Waals surface area contributed by atoms with Crippen molar-refractivity contribution >= 4 is 35.0 Å². The van der Waals surface area contributed by atoms with Gasteiger partial charge >= 0.3 is 11.9 Å². The maximum Gasteiger partial charge on any atom is 0.358 e. The van der Waals surface area contributed by atoms with E-state index in [1.54, 1.807) is 0 Å². The Hall–Kier alpha value is -5.08. The number of aliphatic hydroxyl groups is 4. The zero-order valence-electron chi connectivity index (χ0n) is 25.0. The molecule has 46 heavy (non-hydrogen) atoms. The molecule has 0 amide bonds. The summed E-state index contributed by atoms with van der Waals surface area (Å²) in [7, 11) is 2.04. The van der Waals surface area contributed by atoms with Crippen molar-refractivity contribution in [2.75, 3.05) is 14.2 Å². The van der Waals surface area contributed by atoms with Gasteiger partial charge in [0.2, 0.25) is 0 Å². The molecule has 2 saturated carbocycles. The van der Waals surface area contributed by atoms with E-state index in [1.807, 2.05) is 0 Å². The molecule has 0 radical (unpaired) electrons. The molecule has 2 heterocycles. The van der Waals surface area contributed by atoms with Gasteiger partial charge in [0, 0.05) is 24.0 Å². The van der Waals surface area contributed by atoms with Crippen LogP contribution in [-0.4, -0.2) is 91.8 Å². The van der Waals surface area contributed by atoms with Crippen LogP contribution in [-0.2, 0) is 28.7 Å². The summed E-state index contributed by atoms with van der Waals surface area (Å²) in [5.74, 6) is -9.01. The van der Waals surface area contributed by atoms with Gasteiger partial charge < -0.3 is 49.6 Å². The fourth-order valence-corrected chi connectivity index (χ4v) is 7.00.